The van der Waals surface area contributed by atoms with Gasteiger partial charge in [0.15, 0.2) is 5.65 Å². The normalized spacial score (nSPS) is 20.8. The SMILES string of the molecule is Cc1c(-c2[nH]c3sc(C4CC(C(=O)N5CCNCC5)C4)c(C)c3c2C(C)C)cn2ncnc2c1C. The molecule has 1 aliphatic heterocycles. The molecule has 0 unspecified atom stereocenters. The Morgan fingerprint density at radius 2 is 1.86 bits per heavy atom. The third kappa shape index (κ3) is 3.52. The second kappa shape index (κ2) is 8.45. The minimum atomic E-state index is 0.193. The van der Waals surface area contributed by atoms with Gasteiger partial charge in [-0.1, -0.05) is 13.8 Å². The van der Waals surface area contributed by atoms with Gasteiger partial charge in [-0.05, 0) is 67.7 Å². The molecule has 1 amide bonds. The molecule has 0 spiro atoms. The van der Waals surface area contributed by atoms with E-state index in [2.05, 4.69) is 66.1 Å². The molecule has 6 rings (SSSR count). The number of rotatable bonds is 4. The van der Waals surface area contributed by atoms with Crippen molar-refractivity contribution in [1.82, 2.24) is 29.8 Å². The first kappa shape index (κ1) is 22.7. The molecule has 1 saturated carbocycles. The summed E-state index contributed by atoms with van der Waals surface area (Å²) in [6, 6.07) is 0. The Morgan fingerprint density at radius 1 is 1.11 bits per heavy atom. The zero-order valence-corrected chi connectivity index (χ0v) is 22.1. The van der Waals surface area contributed by atoms with Crippen LogP contribution < -0.4 is 5.32 Å². The summed E-state index contributed by atoms with van der Waals surface area (Å²) in [6.45, 7) is 14.7. The number of nitrogens with one attached hydrogen (secondary N) is 2. The molecule has 2 fully saturated rings. The number of hydrogen-bond acceptors (Lipinski definition) is 5. The monoisotopic (exact) mass is 490 g/mol. The minimum absolute atomic E-state index is 0.193. The Hall–Kier alpha value is -2.71. The number of piperazine rings is 1. The van der Waals surface area contributed by atoms with Crippen molar-refractivity contribution in [3.63, 3.8) is 0 Å². The van der Waals surface area contributed by atoms with Gasteiger partial charge in [0.05, 0.1) is 5.69 Å². The smallest absolute Gasteiger partial charge is 0.225 e. The average Bonchev–Trinajstić information content (AvgIpc) is 3.51. The number of carbonyl (C=O) groups is 1. The lowest BCUT2D eigenvalue weighted by atomic mass is 9.72. The van der Waals surface area contributed by atoms with Crippen molar-refractivity contribution in [3.8, 4) is 11.3 Å². The van der Waals surface area contributed by atoms with Crippen molar-refractivity contribution in [3.05, 3.63) is 39.7 Å². The van der Waals surface area contributed by atoms with Crippen molar-refractivity contribution in [2.75, 3.05) is 26.2 Å². The predicted molar refractivity (Wildman–Crippen MR) is 141 cm³/mol. The van der Waals surface area contributed by atoms with E-state index in [-0.39, 0.29) is 5.92 Å². The van der Waals surface area contributed by atoms with Crippen LogP contribution >= 0.6 is 11.3 Å². The molecular weight excluding hydrogens is 456 g/mol. The molecule has 2 aliphatic rings. The van der Waals surface area contributed by atoms with E-state index >= 15 is 0 Å². The maximum atomic E-state index is 12.9. The number of aromatic nitrogens is 4. The van der Waals surface area contributed by atoms with Crippen LogP contribution in [0.25, 0.3) is 27.1 Å². The maximum Gasteiger partial charge on any atom is 0.225 e. The van der Waals surface area contributed by atoms with Crippen LogP contribution in [0.5, 0.6) is 0 Å². The van der Waals surface area contributed by atoms with E-state index in [1.54, 1.807) is 6.33 Å². The summed E-state index contributed by atoms with van der Waals surface area (Å²) in [7, 11) is 0. The van der Waals surface area contributed by atoms with E-state index in [0.717, 1.165) is 44.7 Å². The Labute approximate surface area is 209 Å². The standard InChI is InChI=1S/C27H34N6OS/c1-14(2)21-22-17(5)24(18-10-19(11-18)27(34)32-8-6-28-7-9-32)35-26(22)31-23(21)20-12-33-25(29-13-30-33)16(4)15(20)3/h12-14,18-19,28,31H,6-11H2,1-5H3. The largest absolute Gasteiger partial charge is 0.346 e. The number of thiophene rings is 1. The second-order valence-electron chi connectivity index (χ2n) is 10.6. The van der Waals surface area contributed by atoms with Gasteiger partial charge in [0.25, 0.3) is 0 Å². The van der Waals surface area contributed by atoms with E-state index in [1.807, 2.05) is 15.9 Å². The van der Waals surface area contributed by atoms with Crippen LogP contribution in [-0.2, 0) is 4.79 Å². The average molecular weight is 491 g/mol. The molecule has 184 valence electrons. The lowest BCUT2D eigenvalue weighted by Crippen LogP contribution is -2.50. The van der Waals surface area contributed by atoms with Crippen molar-refractivity contribution in [2.24, 2.45) is 5.92 Å². The van der Waals surface area contributed by atoms with Crippen LogP contribution in [0, 0.1) is 26.7 Å². The summed E-state index contributed by atoms with van der Waals surface area (Å²) < 4.78 is 1.89. The van der Waals surface area contributed by atoms with E-state index < -0.39 is 0 Å². The number of hydrogen-bond donors (Lipinski definition) is 2. The molecular formula is C27H34N6OS. The summed E-state index contributed by atoms with van der Waals surface area (Å²) in [5.74, 6) is 1.44. The molecule has 1 aliphatic carbocycles. The maximum absolute atomic E-state index is 12.9. The Balaban J connectivity index is 1.34. The number of pyridine rings is 1. The zero-order chi connectivity index (χ0) is 24.4. The molecule has 1 saturated heterocycles. The molecule has 35 heavy (non-hydrogen) atoms. The number of H-pyrrole nitrogens is 1. The van der Waals surface area contributed by atoms with Crippen molar-refractivity contribution in [2.45, 2.75) is 59.3 Å². The van der Waals surface area contributed by atoms with Gasteiger partial charge in [0.1, 0.15) is 11.2 Å². The highest BCUT2D eigenvalue weighted by atomic mass is 32.1. The molecule has 0 radical (unpaired) electrons. The second-order valence-corrected chi connectivity index (χ2v) is 11.7. The third-order valence-electron chi connectivity index (χ3n) is 8.22. The van der Waals surface area contributed by atoms with Crippen molar-refractivity contribution < 1.29 is 4.79 Å². The zero-order valence-electron chi connectivity index (χ0n) is 21.2. The number of fused-ring (bicyclic) bond motifs is 2. The van der Waals surface area contributed by atoms with E-state index in [4.69, 9.17) is 0 Å². The van der Waals surface area contributed by atoms with Crippen molar-refractivity contribution in [1.29, 1.82) is 0 Å². The fraction of sp³-hybridized carbons (Fsp3) is 0.519. The summed E-state index contributed by atoms with van der Waals surface area (Å²) in [5, 5.41) is 9.13. The molecule has 4 aromatic rings. The lowest BCUT2D eigenvalue weighted by molar-refractivity contribution is -0.139. The Kier molecular flexibility index (Phi) is 5.49. The van der Waals surface area contributed by atoms with Gasteiger partial charge in [0, 0.05) is 54.1 Å². The van der Waals surface area contributed by atoms with Gasteiger partial charge < -0.3 is 15.2 Å². The fourth-order valence-corrected chi connectivity index (χ4v) is 7.41. The summed E-state index contributed by atoms with van der Waals surface area (Å²) >= 11 is 1.89. The highest BCUT2D eigenvalue weighted by Crippen LogP contribution is 2.50. The third-order valence-corrected chi connectivity index (χ3v) is 9.59. The van der Waals surface area contributed by atoms with Crippen LogP contribution in [-0.4, -0.2) is 56.6 Å². The number of aryl methyl sites for hydroxylation is 2. The molecule has 7 nitrogen and oxygen atoms in total. The number of carbonyl (C=O) groups excluding carboxylic acids is 1. The van der Waals surface area contributed by atoms with Gasteiger partial charge >= 0.3 is 0 Å². The van der Waals surface area contributed by atoms with Crippen LogP contribution in [0.1, 0.15) is 65.7 Å². The highest BCUT2D eigenvalue weighted by Gasteiger charge is 2.40. The first-order valence-electron chi connectivity index (χ1n) is 12.8. The fourth-order valence-electron chi connectivity index (χ4n) is 6.06. The minimum Gasteiger partial charge on any atom is -0.346 e. The highest BCUT2D eigenvalue weighted by molar-refractivity contribution is 7.19. The lowest BCUT2D eigenvalue weighted by Gasteiger charge is -2.39. The first-order valence-corrected chi connectivity index (χ1v) is 13.6. The topological polar surface area (TPSA) is 78.3 Å². The van der Waals surface area contributed by atoms with E-state index in [1.165, 1.54) is 48.6 Å². The molecule has 0 aromatic carbocycles. The van der Waals surface area contributed by atoms with E-state index in [9.17, 15) is 4.79 Å². The molecule has 0 atom stereocenters. The first-order chi connectivity index (χ1) is 16.8. The van der Waals surface area contributed by atoms with Crippen LogP contribution in [0.3, 0.4) is 0 Å². The number of amides is 1. The summed E-state index contributed by atoms with van der Waals surface area (Å²) in [6.07, 6.45) is 5.70. The predicted octanol–water partition coefficient (Wildman–Crippen LogP) is 4.91. The van der Waals surface area contributed by atoms with Crippen LogP contribution in [0.15, 0.2) is 12.5 Å². The summed E-state index contributed by atoms with van der Waals surface area (Å²) in [5.41, 5.74) is 8.50. The number of nitrogens with zero attached hydrogens (tertiary/aromatic N) is 4. The van der Waals surface area contributed by atoms with Gasteiger partial charge in [-0.15, -0.1) is 11.3 Å². The summed E-state index contributed by atoms with van der Waals surface area (Å²) in [4.78, 5) is 25.9. The van der Waals surface area contributed by atoms with Gasteiger partial charge in [-0.3, -0.25) is 4.79 Å². The quantitative estimate of drug-likeness (QED) is 0.426. The Morgan fingerprint density at radius 3 is 2.57 bits per heavy atom. The van der Waals surface area contributed by atoms with Crippen LogP contribution in [0.2, 0.25) is 0 Å². The van der Waals surface area contributed by atoms with E-state index in [0.29, 0.717) is 17.7 Å². The van der Waals surface area contributed by atoms with Gasteiger partial charge in [-0.2, -0.15) is 5.10 Å². The molecule has 5 heterocycles. The van der Waals surface area contributed by atoms with Gasteiger partial charge in [-0.25, -0.2) is 9.50 Å². The molecule has 8 heteroatoms. The molecule has 0 bridgehead atoms. The Bertz CT molecular complexity index is 1430. The molecule has 2 N–H and O–H groups in total. The molecule has 4 aromatic heterocycles. The van der Waals surface area contributed by atoms with Crippen molar-refractivity contribution >= 4 is 33.1 Å². The van der Waals surface area contributed by atoms with Gasteiger partial charge in [0.2, 0.25) is 5.91 Å². The van der Waals surface area contributed by atoms with Crippen LogP contribution in [0.4, 0.5) is 0 Å². The number of aromatic amines is 1.